The van der Waals surface area contributed by atoms with Gasteiger partial charge in [0.1, 0.15) is 11.9 Å². The van der Waals surface area contributed by atoms with Gasteiger partial charge in [0.05, 0.1) is 11.4 Å². The second kappa shape index (κ2) is 9.47. The van der Waals surface area contributed by atoms with E-state index in [1.165, 1.54) is 0 Å². The summed E-state index contributed by atoms with van der Waals surface area (Å²) in [4.78, 5) is 33.6. The predicted octanol–water partition coefficient (Wildman–Crippen LogP) is 1.83. The maximum atomic E-state index is 13.3. The van der Waals surface area contributed by atoms with Crippen LogP contribution in [-0.2, 0) is 11.8 Å². The van der Waals surface area contributed by atoms with E-state index in [4.69, 9.17) is 0 Å². The molecule has 2 amide bonds. The molecule has 0 saturated carbocycles. The zero-order chi connectivity index (χ0) is 19.0. The number of benzene rings is 1. The number of rotatable bonds is 2. The minimum Gasteiger partial charge on any atom is -0.372 e. The lowest BCUT2D eigenvalue weighted by molar-refractivity contribution is -0.115. The number of aryl methyl sites for hydroxylation is 1. The Kier molecular flexibility index (Phi) is 7.51. The van der Waals surface area contributed by atoms with E-state index in [0.29, 0.717) is 37.3 Å². The third-order valence-corrected chi connectivity index (χ3v) is 5.26. The number of piperazine rings is 1. The summed E-state index contributed by atoms with van der Waals surface area (Å²) in [5, 5.41) is 6.26. The van der Waals surface area contributed by atoms with Crippen LogP contribution >= 0.6 is 24.8 Å². The molecule has 158 valence electrons. The number of fused-ring (bicyclic) bond motifs is 1. The van der Waals surface area contributed by atoms with Crippen molar-refractivity contribution in [2.75, 3.05) is 43.4 Å². The van der Waals surface area contributed by atoms with Crippen LogP contribution in [-0.4, -0.2) is 59.5 Å². The van der Waals surface area contributed by atoms with Crippen LogP contribution in [0.15, 0.2) is 30.6 Å². The van der Waals surface area contributed by atoms with Gasteiger partial charge in [-0.1, -0.05) is 0 Å². The SMILES string of the molecule is CN1CCC(=O)Nc2cc(C(=O)N3CCNCC3c3nccn3C)ccc21.Cl.Cl. The lowest BCUT2D eigenvalue weighted by atomic mass is 10.1. The van der Waals surface area contributed by atoms with E-state index in [-0.39, 0.29) is 42.7 Å². The monoisotopic (exact) mass is 440 g/mol. The molecule has 1 unspecified atom stereocenters. The molecule has 0 bridgehead atoms. The number of halogens is 2. The summed E-state index contributed by atoms with van der Waals surface area (Å²) in [6, 6.07) is 5.41. The second-order valence-corrected chi connectivity index (χ2v) is 7.07. The van der Waals surface area contributed by atoms with Crippen LogP contribution in [0.25, 0.3) is 0 Å². The maximum Gasteiger partial charge on any atom is 0.254 e. The third-order valence-electron chi connectivity index (χ3n) is 5.26. The molecule has 8 nitrogen and oxygen atoms in total. The maximum absolute atomic E-state index is 13.3. The third kappa shape index (κ3) is 4.49. The highest BCUT2D eigenvalue weighted by Gasteiger charge is 2.31. The number of nitrogens with one attached hydrogen (secondary N) is 2. The molecule has 3 heterocycles. The van der Waals surface area contributed by atoms with Gasteiger partial charge in [-0.05, 0) is 18.2 Å². The lowest BCUT2D eigenvalue weighted by Crippen LogP contribution is -2.49. The Labute approximate surface area is 182 Å². The van der Waals surface area contributed by atoms with Crippen molar-refractivity contribution in [2.45, 2.75) is 12.5 Å². The molecule has 1 fully saturated rings. The van der Waals surface area contributed by atoms with Crippen LogP contribution < -0.4 is 15.5 Å². The van der Waals surface area contributed by atoms with Gasteiger partial charge >= 0.3 is 0 Å². The summed E-state index contributed by atoms with van der Waals surface area (Å²) in [6.07, 6.45) is 4.08. The molecule has 10 heteroatoms. The molecule has 2 aliphatic rings. The molecule has 0 spiro atoms. The number of anilines is 2. The number of hydrogen-bond donors (Lipinski definition) is 2. The molecule has 1 atom stereocenters. The second-order valence-electron chi connectivity index (χ2n) is 7.07. The molecule has 1 saturated heterocycles. The minimum atomic E-state index is -0.123. The lowest BCUT2D eigenvalue weighted by Gasteiger charge is -2.36. The van der Waals surface area contributed by atoms with Gasteiger partial charge in [0.15, 0.2) is 0 Å². The highest BCUT2D eigenvalue weighted by molar-refractivity contribution is 6.01. The van der Waals surface area contributed by atoms with Gasteiger partial charge in [-0.25, -0.2) is 4.98 Å². The van der Waals surface area contributed by atoms with E-state index in [1.807, 2.05) is 46.8 Å². The van der Waals surface area contributed by atoms with Crippen LogP contribution in [0, 0.1) is 0 Å². The smallest absolute Gasteiger partial charge is 0.254 e. The van der Waals surface area contributed by atoms with Crippen LogP contribution in [0.2, 0.25) is 0 Å². The van der Waals surface area contributed by atoms with Crippen molar-refractivity contribution in [3.05, 3.63) is 42.0 Å². The fourth-order valence-corrected chi connectivity index (χ4v) is 3.75. The first kappa shape index (κ1) is 23.0. The fourth-order valence-electron chi connectivity index (χ4n) is 3.75. The molecule has 2 N–H and O–H groups in total. The summed E-state index contributed by atoms with van der Waals surface area (Å²) < 4.78 is 1.95. The Morgan fingerprint density at radius 3 is 2.72 bits per heavy atom. The number of hydrogen-bond acceptors (Lipinski definition) is 5. The number of nitrogens with zero attached hydrogens (tertiary/aromatic N) is 4. The van der Waals surface area contributed by atoms with Gasteiger partial charge in [-0.15, -0.1) is 24.8 Å². The Balaban J connectivity index is 0.00000150. The van der Waals surface area contributed by atoms with Crippen molar-refractivity contribution in [1.29, 1.82) is 0 Å². The number of imidazole rings is 1. The topological polar surface area (TPSA) is 82.5 Å². The van der Waals surface area contributed by atoms with Crippen molar-refractivity contribution in [2.24, 2.45) is 7.05 Å². The largest absolute Gasteiger partial charge is 0.372 e. The van der Waals surface area contributed by atoms with Crippen LogP contribution in [0.4, 0.5) is 11.4 Å². The zero-order valence-electron chi connectivity index (χ0n) is 16.4. The van der Waals surface area contributed by atoms with Gasteiger partial charge in [-0.3, -0.25) is 9.59 Å². The molecule has 1 aromatic heterocycles. The number of aromatic nitrogens is 2. The molecular formula is C19H26Cl2N6O2. The van der Waals surface area contributed by atoms with E-state index in [0.717, 1.165) is 18.1 Å². The number of carbonyl (C=O) groups is 2. The van der Waals surface area contributed by atoms with Crippen molar-refractivity contribution in [3.63, 3.8) is 0 Å². The Bertz CT molecular complexity index is 887. The number of carbonyl (C=O) groups excluding carboxylic acids is 2. The molecule has 1 aromatic carbocycles. The fraction of sp³-hybridized carbons (Fsp3) is 0.421. The normalized spacial score (nSPS) is 18.7. The van der Waals surface area contributed by atoms with Crippen LogP contribution in [0.1, 0.15) is 28.6 Å². The first-order chi connectivity index (χ1) is 13.0. The molecule has 29 heavy (non-hydrogen) atoms. The molecule has 0 aliphatic carbocycles. The van der Waals surface area contributed by atoms with Crippen molar-refractivity contribution in [3.8, 4) is 0 Å². The van der Waals surface area contributed by atoms with Gasteiger partial charge in [0, 0.05) is 64.7 Å². The summed E-state index contributed by atoms with van der Waals surface area (Å²) in [7, 11) is 3.89. The first-order valence-electron chi connectivity index (χ1n) is 9.18. The number of amides is 2. The zero-order valence-corrected chi connectivity index (χ0v) is 18.1. The van der Waals surface area contributed by atoms with Gasteiger partial charge in [0.25, 0.3) is 5.91 Å². The predicted molar refractivity (Wildman–Crippen MR) is 117 cm³/mol. The van der Waals surface area contributed by atoms with E-state index < -0.39 is 0 Å². The molecule has 4 rings (SSSR count). The molecular weight excluding hydrogens is 415 g/mol. The standard InChI is InChI=1S/C19H24N6O2.2ClH/c1-23-8-5-17(26)22-14-11-13(3-4-15(14)23)19(27)25-10-6-20-12-16(25)18-21-7-9-24(18)2;;/h3-4,7,9,11,16,20H,5-6,8,10,12H2,1-2H3,(H,22,26);2*1H. The van der Waals surface area contributed by atoms with E-state index >= 15 is 0 Å². The average Bonchev–Trinajstić information content (AvgIpc) is 3.05. The van der Waals surface area contributed by atoms with Gasteiger partial charge in [-0.2, -0.15) is 0 Å². The highest BCUT2D eigenvalue weighted by atomic mass is 35.5. The van der Waals surface area contributed by atoms with E-state index in [1.54, 1.807) is 12.3 Å². The minimum absolute atomic E-state index is 0. The van der Waals surface area contributed by atoms with Crippen LogP contribution in [0.5, 0.6) is 0 Å². The highest BCUT2D eigenvalue weighted by Crippen LogP contribution is 2.30. The Hall–Kier alpha value is -2.29. The van der Waals surface area contributed by atoms with E-state index in [9.17, 15) is 9.59 Å². The van der Waals surface area contributed by atoms with Crippen molar-refractivity contribution in [1.82, 2.24) is 19.8 Å². The van der Waals surface area contributed by atoms with Gasteiger partial charge in [0.2, 0.25) is 5.91 Å². The summed E-state index contributed by atoms with van der Waals surface area (Å²) in [5.74, 6) is 0.782. The Morgan fingerprint density at radius 2 is 2.00 bits per heavy atom. The molecule has 2 aliphatic heterocycles. The Morgan fingerprint density at radius 1 is 1.21 bits per heavy atom. The van der Waals surface area contributed by atoms with Crippen molar-refractivity contribution >= 4 is 48.0 Å². The summed E-state index contributed by atoms with van der Waals surface area (Å²) in [5.41, 5.74) is 2.19. The molecule has 0 radical (unpaired) electrons. The van der Waals surface area contributed by atoms with Gasteiger partial charge < -0.3 is 25.0 Å². The average molecular weight is 441 g/mol. The van der Waals surface area contributed by atoms with Crippen molar-refractivity contribution < 1.29 is 9.59 Å². The summed E-state index contributed by atoms with van der Waals surface area (Å²) >= 11 is 0. The quantitative estimate of drug-likeness (QED) is 0.743. The van der Waals surface area contributed by atoms with E-state index in [2.05, 4.69) is 15.6 Å². The molecule has 2 aromatic rings. The van der Waals surface area contributed by atoms with Crippen LogP contribution in [0.3, 0.4) is 0 Å². The first-order valence-corrected chi connectivity index (χ1v) is 9.18. The summed E-state index contributed by atoms with van der Waals surface area (Å²) in [6.45, 7) is 2.68.